The number of rotatable bonds is 4. The fourth-order valence-corrected chi connectivity index (χ4v) is 2.91. The lowest BCUT2D eigenvalue weighted by atomic mass is 9.90. The minimum absolute atomic E-state index is 0.00149. The number of ketones is 1. The van der Waals surface area contributed by atoms with Gasteiger partial charge in [0.05, 0.1) is 0 Å². The zero-order chi connectivity index (χ0) is 16.1. The Morgan fingerprint density at radius 2 is 1.86 bits per heavy atom. The summed E-state index contributed by atoms with van der Waals surface area (Å²) in [4.78, 5) is 28.4. The number of hydrogen-bond acceptors (Lipinski definition) is 2. The number of likely N-dealkylation sites (tertiary alicyclic amines) is 1. The Kier molecular flexibility index (Phi) is 5.52. The van der Waals surface area contributed by atoms with Crippen LogP contribution in [0.3, 0.4) is 0 Å². The average molecular weight is 306 g/mol. The van der Waals surface area contributed by atoms with Crippen molar-refractivity contribution >= 4 is 11.8 Å². The van der Waals surface area contributed by atoms with Gasteiger partial charge in [-0.15, -0.1) is 0 Å². The predicted octanol–water partition coefficient (Wildman–Crippen LogP) is 3.18. The highest BCUT2D eigenvalue weighted by atomic mass is 19.1. The number of benzene rings is 1. The number of Topliss-reactive ketones (excluding diaryl/α,β-unsaturated/α-hetero) is 1. The Hall–Kier alpha value is -1.91. The molecule has 1 unspecified atom stereocenters. The SMILES string of the molecule is CCN(CC)C(=O)N1CCCC(C(=O)c2ccc(F)cc2)C1. The molecule has 1 fully saturated rings. The van der Waals surface area contributed by atoms with Crippen LogP contribution in [0.2, 0.25) is 0 Å². The van der Waals surface area contributed by atoms with Crippen LogP contribution in [0.1, 0.15) is 37.0 Å². The standard InChI is InChI=1S/C17H23FN2O2/c1-3-19(4-2)17(22)20-11-5-6-14(12-20)16(21)13-7-9-15(18)10-8-13/h7-10,14H,3-6,11-12H2,1-2H3. The monoisotopic (exact) mass is 306 g/mol. The molecule has 1 saturated heterocycles. The van der Waals surface area contributed by atoms with Crippen molar-refractivity contribution in [3.05, 3.63) is 35.6 Å². The van der Waals surface area contributed by atoms with Crippen molar-refractivity contribution in [1.82, 2.24) is 9.80 Å². The molecule has 1 atom stereocenters. The van der Waals surface area contributed by atoms with Gasteiger partial charge in [-0.05, 0) is 51.0 Å². The highest BCUT2D eigenvalue weighted by Gasteiger charge is 2.30. The number of halogens is 1. The molecule has 22 heavy (non-hydrogen) atoms. The molecule has 120 valence electrons. The van der Waals surface area contributed by atoms with Gasteiger partial charge in [-0.3, -0.25) is 4.79 Å². The largest absolute Gasteiger partial charge is 0.325 e. The van der Waals surface area contributed by atoms with Crippen LogP contribution in [0.15, 0.2) is 24.3 Å². The minimum atomic E-state index is -0.349. The van der Waals surface area contributed by atoms with Crippen molar-refractivity contribution in [2.75, 3.05) is 26.2 Å². The van der Waals surface area contributed by atoms with E-state index in [9.17, 15) is 14.0 Å². The molecule has 0 N–H and O–H groups in total. The lowest BCUT2D eigenvalue weighted by Crippen LogP contribution is -2.48. The van der Waals surface area contributed by atoms with E-state index >= 15 is 0 Å². The second-order valence-electron chi connectivity index (χ2n) is 5.61. The molecule has 1 aliphatic heterocycles. The van der Waals surface area contributed by atoms with E-state index in [-0.39, 0.29) is 23.5 Å². The van der Waals surface area contributed by atoms with E-state index in [4.69, 9.17) is 0 Å². The van der Waals surface area contributed by atoms with E-state index in [0.717, 1.165) is 12.8 Å². The summed E-state index contributed by atoms with van der Waals surface area (Å²) in [5.74, 6) is -0.547. The number of amides is 2. The number of piperidine rings is 1. The van der Waals surface area contributed by atoms with Crippen molar-refractivity contribution in [2.24, 2.45) is 5.92 Å². The van der Waals surface area contributed by atoms with Gasteiger partial charge in [0, 0.05) is 37.7 Å². The summed E-state index contributed by atoms with van der Waals surface area (Å²) in [7, 11) is 0. The number of carbonyl (C=O) groups excluding carboxylic acids is 2. The van der Waals surface area contributed by atoms with Crippen LogP contribution in [-0.2, 0) is 0 Å². The second-order valence-corrected chi connectivity index (χ2v) is 5.61. The normalized spacial score (nSPS) is 18.1. The summed E-state index contributed by atoms with van der Waals surface area (Å²) < 4.78 is 13.0. The Bertz CT molecular complexity index is 526. The van der Waals surface area contributed by atoms with Gasteiger partial charge in [0.2, 0.25) is 0 Å². The number of nitrogens with zero attached hydrogens (tertiary/aromatic N) is 2. The highest BCUT2D eigenvalue weighted by Crippen LogP contribution is 2.22. The van der Waals surface area contributed by atoms with Gasteiger partial charge >= 0.3 is 6.03 Å². The molecule has 0 bridgehead atoms. The molecular formula is C17H23FN2O2. The Labute approximate surface area is 130 Å². The lowest BCUT2D eigenvalue weighted by molar-refractivity contribution is 0.0822. The third kappa shape index (κ3) is 3.64. The minimum Gasteiger partial charge on any atom is -0.325 e. The fraction of sp³-hybridized carbons (Fsp3) is 0.529. The molecule has 0 aliphatic carbocycles. The third-order valence-corrected chi connectivity index (χ3v) is 4.23. The first kappa shape index (κ1) is 16.5. The van der Waals surface area contributed by atoms with Crippen molar-refractivity contribution in [3.63, 3.8) is 0 Å². The molecule has 1 heterocycles. The van der Waals surface area contributed by atoms with Gasteiger partial charge in [0.15, 0.2) is 5.78 Å². The van der Waals surface area contributed by atoms with E-state index < -0.39 is 0 Å². The molecule has 1 aliphatic rings. The average Bonchev–Trinajstić information content (AvgIpc) is 2.56. The molecule has 0 radical (unpaired) electrons. The molecule has 0 saturated carbocycles. The van der Waals surface area contributed by atoms with Gasteiger partial charge in [0.25, 0.3) is 0 Å². The Morgan fingerprint density at radius 1 is 1.23 bits per heavy atom. The van der Waals surface area contributed by atoms with Gasteiger partial charge in [-0.1, -0.05) is 0 Å². The van der Waals surface area contributed by atoms with Crippen LogP contribution < -0.4 is 0 Å². The van der Waals surface area contributed by atoms with Gasteiger partial charge in [0.1, 0.15) is 5.82 Å². The van der Waals surface area contributed by atoms with E-state index in [1.807, 2.05) is 13.8 Å². The first-order chi connectivity index (χ1) is 10.6. The van der Waals surface area contributed by atoms with Gasteiger partial charge < -0.3 is 9.80 Å². The molecule has 0 aromatic heterocycles. The van der Waals surface area contributed by atoms with E-state index in [1.54, 1.807) is 9.80 Å². The van der Waals surface area contributed by atoms with Crippen LogP contribution >= 0.6 is 0 Å². The smallest absolute Gasteiger partial charge is 0.320 e. The third-order valence-electron chi connectivity index (χ3n) is 4.23. The highest BCUT2D eigenvalue weighted by molar-refractivity contribution is 5.98. The quantitative estimate of drug-likeness (QED) is 0.802. The number of hydrogen-bond donors (Lipinski definition) is 0. The molecule has 2 amide bonds. The maximum absolute atomic E-state index is 13.0. The maximum atomic E-state index is 13.0. The topological polar surface area (TPSA) is 40.6 Å². The summed E-state index contributed by atoms with van der Waals surface area (Å²) in [5.41, 5.74) is 0.517. The first-order valence-corrected chi connectivity index (χ1v) is 7.90. The summed E-state index contributed by atoms with van der Waals surface area (Å²) >= 11 is 0. The number of urea groups is 1. The molecular weight excluding hydrogens is 283 g/mol. The van der Waals surface area contributed by atoms with Crippen LogP contribution in [0.25, 0.3) is 0 Å². The van der Waals surface area contributed by atoms with Gasteiger partial charge in [-0.2, -0.15) is 0 Å². The van der Waals surface area contributed by atoms with Crippen molar-refractivity contribution < 1.29 is 14.0 Å². The summed E-state index contributed by atoms with van der Waals surface area (Å²) in [6.45, 7) is 6.39. The molecule has 1 aromatic rings. The molecule has 5 heteroatoms. The molecule has 2 rings (SSSR count). The summed E-state index contributed by atoms with van der Waals surface area (Å²) in [6.07, 6.45) is 1.60. The fourth-order valence-electron chi connectivity index (χ4n) is 2.91. The van der Waals surface area contributed by atoms with Gasteiger partial charge in [-0.25, -0.2) is 9.18 Å². The van der Waals surface area contributed by atoms with E-state index in [2.05, 4.69) is 0 Å². The van der Waals surface area contributed by atoms with E-state index in [0.29, 0.717) is 31.7 Å². The summed E-state index contributed by atoms with van der Waals surface area (Å²) in [5, 5.41) is 0. The van der Waals surface area contributed by atoms with Crippen molar-refractivity contribution in [1.29, 1.82) is 0 Å². The second kappa shape index (κ2) is 7.38. The molecule has 1 aromatic carbocycles. The first-order valence-electron chi connectivity index (χ1n) is 7.90. The number of carbonyl (C=O) groups is 2. The molecule has 0 spiro atoms. The zero-order valence-electron chi connectivity index (χ0n) is 13.2. The van der Waals surface area contributed by atoms with Crippen LogP contribution in [0, 0.1) is 11.7 Å². The van der Waals surface area contributed by atoms with Crippen LogP contribution in [-0.4, -0.2) is 47.8 Å². The Balaban J connectivity index is 2.05. The van der Waals surface area contributed by atoms with Crippen molar-refractivity contribution in [3.8, 4) is 0 Å². The van der Waals surface area contributed by atoms with Crippen LogP contribution in [0.5, 0.6) is 0 Å². The Morgan fingerprint density at radius 3 is 2.45 bits per heavy atom. The van der Waals surface area contributed by atoms with E-state index in [1.165, 1.54) is 24.3 Å². The van der Waals surface area contributed by atoms with Crippen molar-refractivity contribution in [2.45, 2.75) is 26.7 Å². The maximum Gasteiger partial charge on any atom is 0.320 e. The molecule has 4 nitrogen and oxygen atoms in total. The summed E-state index contributed by atoms with van der Waals surface area (Å²) in [6, 6.07) is 5.64. The predicted molar refractivity (Wildman–Crippen MR) is 83.3 cm³/mol. The lowest BCUT2D eigenvalue weighted by Gasteiger charge is -2.35. The zero-order valence-corrected chi connectivity index (χ0v) is 13.2. The van der Waals surface area contributed by atoms with Crippen LogP contribution in [0.4, 0.5) is 9.18 Å².